The number of anilines is 1. The summed E-state index contributed by atoms with van der Waals surface area (Å²) in [6, 6.07) is 13.6. The molecular weight excluding hydrogens is 366 g/mol. The number of fused-ring (bicyclic) bond motifs is 1. The third-order valence-corrected chi connectivity index (χ3v) is 5.50. The first-order chi connectivity index (χ1) is 14.0. The maximum absolute atomic E-state index is 13.0. The summed E-state index contributed by atoms with van der Waals surface area (Å²) in [6.07, 6.45) is 0.916. The molecule has 0 aliphatic heterocycles. The number of aryl methyl sites for hydroxylation is 1. The number of nitrogens with zero attached hydrogens (tertiary/aromatic N) is 2. The van der Waals surface area contributed by atoms with Crippen molar-refractivity contribution >= 4 is 11.7 Å². The minimum Gasteiger partial charge on any atom is -0.496 e. The number of hydrogen-bond donors (Lipinski definition) is 2. The number of aromatic nitrogens is 2. The number of aliphatic hydroxyl groups is 1. The lowest BCUT2D eigenvalue weighted by Crippen LogP contribution is -2.23. The molecule has 0 saturated heterocycles. The molecule has 0 amide bonds. The van der Waals surface area contributed by atoms with Crippen molar-refractivity contribution < 1.29 is 14.6 Å². The van der Waals surface area contributed by atoms with Gasteiger partial charge in [0.05, 0.1) is 30.7 Å². The van der Waals surface area contributed by atoms with Crippen LogP contribution in [0.1, 0.15) is 45.2 Å². The second-order valence-corrected chi connectivity index (χ2v) is 7.25. The highest BCUT2D eigenvalue weighted by molar-refractivity contribution is 6.00. The molecule has 6 nitrogen and oxygen atoms in total. The summed E-state index contributed by atoms with van der Waals surface area (Å²) >= 11 is 0. The number of rotatable bonds is 4. The number of aliphatic hydroxyl groups excluding tert-OH is 1. The van der Waals surface area contributed by atoms with Gasteiger partial charge < -0.3 is 15.6 Å². The Bertz CT molecular complexity index is 1090. The number of ketones is 1. The first-order valence-corrected chi connectivity index (χ1v) is 9.55. The number of carbonyl (C=O) groups excluding carboxylic acids is 1. The molecule has 148 valence electrons. The van der Waals surface area contributed by atoms with Gasteiger partial charge in [-0.2, -0.15) is 0 Å². The maximum atomic E-state index is 13.0. The quantitative estimate of drug-likeness (QED) is 0.709. The van der Waals surface area contributed by atoms with E-state index in [4.69, 9.17) is 10.5 Å². The first-order valence-electron chi connectivity index (χ1n) is 9.55. The van der Waals surface area contributed by atoms with E-state index in [1.165, 1.54) is 0 Å². The molecule has 4 rings (SSSR count). The van der Waals surface area contributed by atoms with Gasteiger partial charge in [-0.15, -0.1) is 0 Å². The first kappa shape index (κ1) is 19.1. The van der Waals surface area contributed by atoms with Crippen LogP contribution in [0, 0.1) is 6.92 Å². The fourth-order valence-corrected chi connectivity index (χ4v) is 4.30. The van der Waals surface area contributed by atoms with Crippen LogP contribution < -0.4 is 10.5 Å². The van der Waals surface area contributed by atoms with E-state index in [0.29, 0.717) is 29.8 Å². The van der Waals surface area contributed by atoms with Crippen molar-refractivity contribution in [3.8, 4) is 16.9 Å². The van der Waals surface area contributed by atoms with Crippen molar-refractivity contribution in [2.45, 2.75) is 32.3 Å². The van der Waals surface area contributed by atoms with E-state index in [1.807, 2.05) is 42.5 Å². The van der Waals surface area contributed by atoms with Crippen LogP contribution in [-0.4, -0.2) is 28.0 Å². The molecule has 29 heavy (non-hydrogen) atoms. The maximum Gasteiger partial charge on any atom is 0.220 e. The van der Waals surface area contributed by atoms with Gasteiger partial charge in [0.15, 0.2) is 5.78 Å². The monoisotopic (exact) mass is 389 g/mol. The van der Waals surface area contributed by atoms with Crippen LogP contribution in [0.15, 0.2) is 42.5 Å². The van der Waals surface area contributed by atoms with E-state index in [0.717, 1.165) is 28.0 Å². The van der Waals surface area contributed by atoms with Crippen molar-refractivity contribution in [2.75, 3.05) is 12.8 Å². The van der Waals surface area contributed by atoms with E-state index < -0.39 is 0 Å². The van der Waals surface area contributed by atoms with Crippen molar-refractivity contribution in [2.24, 2.45) is 0 Å². The molecule has 0 fully saturated rings. The predicted molar refractivity (Wildman–Crippen MR) is 111 cm³/mol. The molecule has 1 aliphatic carbocycles. The molecule has 1 heterocycles. The van der Waals surface area contributed by atoms with E-state index >= 15 is 0 Å². The third-order valence-electron chi connectivity index (χ3n) is 5.50. The summed E-state index contributed by atoms with van der Waals surface area (Å²) in [5.74, 6) is 0.804. The highest BCUT2D eigenvalue weighted by Crippen LogP contribution is 2.43. The Morgan fingerprint density at radius 1 is 1.10 bits per heavy atom. The number of benzene rings is 2. The van der Waals surface area contributed by atoms with E-state index in [2.05, 4.69) is 9.97 Å². The Labute approximate surface area is 169 Å². The second kappa shape index (κ2) is 7.64. The number of ether oxygens (including phenoxy) is 1. The van der Waals surface area contributed by atoms with Gasteiger partial charge in [-0.1, -0.05) is 36.4 Å². The Morgan fingerprint density at radius 2 is 1.86 bits per heavy atom. The topological polar surface area (TPSA) is 98.3 Å². The molecule has 1 atom stereocenters. The molecule has 0 spiro atoms. The average molecular weight is 389 g/mol. The van der Waals surface area contributed by atoms with Crippen molar-refractivity contribution in [3.63, 3.8) is 0 Å². The van der Waals surface area contributed by atoms with Crippen LogP contribution in [0.25, 0.3) is 11.1 Å². The molecule has 1 unspecified atom stereocenters. The number of nitrogens with two attached hydrogens (primary N) is 1. The minimum absolute atomic E-state index is 0.0149. The Hall–Kier alpha value is -3.25. The molecular formula is C23H23N3O3. The standard InChI is InChI=1S/C23H23N3O3/c1-13-21-18(26-23(24)25-13)10-15(11-19(21)28)22-17(8-5-9-20(22)29-2)16-7-4-3-6-14(16)12-27/h3-9,15,27H,10-12H2,1-2H3,(H2,24,25,26). The minimum atomic E-state index is -0.110. The lowest BCUT2D eigenvalue weighted by Gasteiger charge is -2.28. The number of nitrogen functional groups attached to an aromatic ring is 1. The van der Waals surface area contributed by atoms with Gasteiger partial charge in [0.1, 0.15) is 5.75 Å². The predicted octanol–water partition coefficient (Wildman–Crippen LogP) is 3.45. The highest BCUT2D eigenvalue weighted by atomic mass is 16.5. The van der Waals surface area contributed by atoms with Crippen molar-refractivity contribution in [3.05, 3.63) is 70.5 Å². The lowest BCUT2D eigenvalue weighted by atomic mass is 9.78. The molecule has 6 heteroatoms. The van der Waals surface area contributed by atoms with Gasteiger partial charge in [-0.25, -0.2) is 9.97 Å². The lowest BCUT2D eigenvalue weighted by molar-refractivity contribution is 0.0961. The van der Waals surface area contributed by atoms with Gasteiger partial charge in [-0.3, -0.25) is 4.79 Å². The molecule has 3 N–H and O–H groups in total. The number of carbonyl (C=O) groups is 1. The van der Waals surface area contributed by atoms with Crippen LogP contribution in [0.3, 0.4) is 0 Å². The Morgan fingerprint density at radius 3 is 2.62 bits per heavy atom. The second-order valence-electron chi connectivity index (χ2n) is 7.25. The summed E-state index contributed by atoms with van der Waals surface area (Å²) in [4.78, 5) is 21.5. The zero-order chi connectivity index (χ0) is 20.5. The van der Waals surface area contributed by atoms with Crippen LogP contribution in [-0.2, 0) is 13.0 Å². The van der Waals surface area contributed by atoms with Crippen LogP contribution in [0.4, 0.5) is 5.95 Å². The number of Topliss-reactive ketones (excluding diaryl/α,β-unsaturated/α-hetero) is 1. The fraction of sp³-hybridized carbons (Fsp3) is 0.261. The highest BCUT2D eigenvalue weighted by Gasteiger charge is 2.32. The van der Waals surface area contributed by atoms with E-state index in [1.54, 1.807) is 14.0 Å². The molecule has 0 bridgehead atoms. The van der Waals surface area contributed by atoms with Gasteiger partial charge in [0, 0.05) is 17.9 Å². The van der Waals surface area contributed by atoms with Gasteiger partial charge >= 0.3 is 0 Å². The van der Waals surface area contributed by atoms with Crippen LogP contribution >= 0.6 is 0 Å². The largest absolute Gasteiger partial charge is 0.496 e. The molecule has 0 radical (unpaired) electrons. The number of hydrogen-bond acceptors (Lipinski definition) is 6. The van der Waals surface area contributed by atoms with Crippen LogP contribution in [0.2, 0.25) is 0 Å². The summed E-state index contributed by atoms with van der Waals surface area (Å²) in [7, 11) is 1.63. The SMILES string of the molecule is COc1cccc(-c2ccccc2CO)c1C1CC(=O)c2c(C)nc(N)nc2C1. The molecule has 3 aromatic rings. The van der Waals surface area contributed by atoms with Gasteiger partial charge in [-0.05, 0) is 36.1 Å². The fourth-order valence-electron chi connectivity index (χ4n) is 4.30. The van der Waals surface area contributed by atoms with Crippen LogP contribution in [0.5, 0.6) is 5.75 Å². The summed E-state index contributed by atoms with van der Waals surface area (Å²) < 4.78 is 5.67. The van der Waals surface area contributed by atoms with Gasteiger partial charge in [0.25, 0.3) is 0 Å². The smallest absolute Gasteiger partial charge is 0.220 e. The number of methoxy groups -OCH3 is 1. The molecule has 1 aliphatic rings. The summed E-state index contributed by atoms with van der Waals surface area (Å²) in [5, 5.41) is 9.82. The molecule has 1 aromatic heterocycles. The third kappa shape index (κ3) is 3.36. The Balaban J connectivity index is 1.88. The zero-order valence-electron chi connectivity index (χ0n) is 16.5. The normalized spacial score (nSPS) is 15.8. The molecule has 0 saturated carbocycles. The van der Waals surface area contributed by atoms with Crippen molar-refractivity contribution in [1.82, 2.24) is 9.97 Å². The zero-order valence-corrected chi connectivity index (χ0v) is 16.5. The average Bonchev–Trinajstić information content (AvgIpc) is 2.72. The summed E-state index contributed by atoms with van der Waals surface area (Å²) in [5.41, 5.74) is 11.4. The van der Waals surface area contributed by atoms with Crippen molar-refractivity contribution in [1.29, 1.82) is 0 Å². The summed E-state index contributed by atoms with van der Waals surface area (Å²) in [6.45, 7) is 1.73. The molecule has 2 aromatic carbocycles. The van der Waals surface area contributed by atoms with E-state index in [-0.39, 0.29) is 24.3 Å². The van der Waals surface area contributed by atoms with E-state index in [9.17, 15) is 9.90 Å². The van der Waals surface area contributed by atoms with Gasteiger partial charge in [0.2, 0.25) is 5.95 Å². The Kier molecular flexibility index (Phi) is 5.03.